The third-order valence-corrected chi connectivity index (χ3v) is 5.29. The molecule has 0 aromatic carbocycles. The lowest BCUT2D eigenvalue weighted by atomic mass is 10.00. The van der Waals surface area contributed by atoms with Gasteiger partial charge < -0.3 is 20.1 Å². The third kappa shape index (κ3) is 6.44. The Kier molecular flexibility index (Phi) is 10.8. The van der Waals surface area contributed by atoms with Gasteiger partial charge in [-0.1, -0.05) is 25.5 Å². The number of hydrogen-bond donors (Lipinski definition) is 2. The van der Waals surface area contributed by atoms with Gasteiger partial charge in [0.05, 0.1) is 12.5 Å². The minimum atomic E-state index is -1.43. The first-order valence-corrected chi connectivity index (χ1v) is 9.31. The van der Waals surface area contributed by atoms with Crippen molar-refractivity contribution in [3.8, 4) is 0 Å². The zero-order valence-corrected chi connectivity index (χ0v) is 16.3. The molecule has 7 nitrogen and oxygen atoms in total. The van der Waals surface area contributed by atoms with E-state index in [1.54, 1.807) is 0 Å². The summed E-state index contributed by atoms with van der Waals surface area (Å²) in [7, 11) is 0. The summed E-state index contributed by atoms with van der Waals surface area (Å²) in [6.45, 7) is 6.32. The average molecular weight is 371 g/mol. The molecule has 150 valence electrons. The van der Waals surface area contributed by atoms with Gasteiger partial charge >= 0.3 is 11.9 Å². The standard InChI is InChI=1S/C19H33NO6/c1-5-6-7-8-9-10-11-12-13-20(14(2)17(21)22,15(3)18(23)24)16(4)19(25)26/h6-7,14-16H,5,8-13H2,1-4H3,(H2-,21,22,23,24,25,26)/b7-6+. The van der Waals surface area contributed by atoms with Crippen LogP contribution in [-0.2, 0) is 14.4 Å². The van der Waals surface area contributed by atoms with Crippen LogP contribution in [0.1, 0.15) is 66.2 Å². The van der Waals surface area contributed by atoms with Crippen molar-refractivity contribution < 1.29 is 34.2 Å². The number of carboxylic acids is 3. The minimum absolute atomic E-state index is 0.168. The molecule has 0 aliphatic carbocycles. The summed E-state index contributed by atoms with van der Waals surface area (Å²) in [4.78, 5) is 34.7. The first-order chi connectivity index (χ1) is 12.1. The summed E-state index contributed by atoms with van der Waals surface area (Å²) in [5, 5.41) is 30.5. The molecule has 2 N–H and O–H groups in total. The van der Waals surface area contributed by atoms with Gasteiger partial charge in [0, 0.05) is 0 Å². The summed E-state index contributed by atoms with van der Waals surface area (Å²) in [6, 6.07) is -3.57. The Morgan fingerprint density at radius 2 is 1.38 bits per heavy atom. The van der Waals surface area contributed by atoms with Crippen LogP contribution in [0.5, 0.6) is 0 Å². The number of carbonyl (C=O) groups excluding carboxylic acids is 1. The Morgan fingerprint density at radius 1 is 0.885 bits per heavy atom. The molecule has 0 spiro atoms. The highest BCUT2D eigenvalue weighted by molar-refractivity contribution is 5.76. The summed E-state index contributed by atoms with van der Waals surface area (Å²) in [5.41, 5.74) is 0. The second-order valence-electron chi connectivity index (χ2n) is 6.82. The molecule has 0 aliphatic heterocycles. The molecule has 0 rings (SSSR count). The number of carbonyl (C=O) groups is 3. The predicted octanol–water partition coefficient (Wildman–Crippen LogP) is 1.80. The largest absolute Gasteiger partial charge is 0.544 e. The zero-order valence-electron chi connectivity index (χ0n) is 16.3. The monoisotopic (exact) mass is 371 g/mol. The summed E-state index contributed by atoms with van der Waals surface area (Å²) < 4.78 is -0.553. The molecule has 0 aromatic heterocycles. The van der Waals surface area contributed by atoms with Gasteiger partial charge in [0.15, 0.2) is 12.1 Å². The highest BCUT2D eigenvalue weighted by Gasteiger charge is 2.50. The van der Waals surface area contributed by atoms with Crippen LogP contribution < -0.4 is 5.11 Å². The van der Waals surface area contributed by atoms with E-state index in [4.69, 9.17) is 0 Å². The maximum absolute atomic E-state index is 11.6. The number of hydrogen-bond acceptors (Lipinski definition) is 4. The van der Waals surface area contributed by atoms with Gasteiger partial charge in [0.25, 0.3) is 0 Å². The fraction of sp³-hybridized carbons (Fsp3) is 0.737. The Balaban J connectivity index is 5.24. The number of allylic oxidation sites excluding steroid dienone is 2. The van der Waals surface area contributed by atoms with Gasteiger partial charge in [-0.3, -0.25) is 4.48 Å². The lowest BCUT2D eigenvalue weighted by molar-refractivity contribution is -0.969. The van der Waals surface area contributed by atoms with E-state index < -0.39 is 40.5 Å². The molecule has 0 heterocycles. The number of nitrogens with zero attached hydrogens (tertiary/aromatic N) is 1. The van der Waals surface area contributed by atoms with Gasteiger partial charge in [-0.2, -0.15) is 0 Å². The molecule has 0 bridgehead atoms. The van der Waals surface area contributed by atoms with E-state index >= 15 is 0 Å². The van der Waals surface area contributed by atoms with Crippen molar-refractivity contribution in [3.05, 3.63) is 12.2 Å². The van der Waals surface area contributed by atoms with Gasteiger partial charge in [0.1, 0.15) is 6.04 Å². The minimum Gasteiger partial charge on any atom is -0.544 e. The fourth-order valence-corrected chi connectivity index (χ4v) is 3.48. The molecule has 0 saturated carbocycles. The van der Waals surface area contributed by atoms with Crippen molar-refractivity contribution in [3.63, 3.8) is 0 Å². The van der Waals surface area contributed by atoms with Crippen LogP contribution in [0.15, 0.2) is 12.2 Å². The maximum atomic E-state index is 11.6. The molecular weight excluding hydrogens is 338 g/mol. The summed E-state index contributed by atoms with van der Waals surface area (Å²) >= 11 is 0. The van der Waals surface area contributed by atoms with Crippen molar-refractivity contribution in [2.24, 2.45) is 0 Å². The topological polar surface area (TPSA) is 115 Å². The lowest BCUT2D eigenvalue weighted by Gasteiger charge is -2.49. The summed E-state index contributed by atoms with van der Waals surface area (Å²) in [5.74, 6) is -3.86. The molecule has 0 aromatic rings. The fourth-order valence-electron chi connectivity index (χ4n) is 3.48. The number of quaternary nitrogens is 1. The first kappa shape index (κ1) is 24.1. The van der Waals surface area contributed by atoms with Crippen molar-refractivity contribution in [2.45, 2.75) is 84.3 Å². The van der Waals surface area contributed by atoms with E-state index in [0.717, 1.165) is 32.1 Å². The average Bonchev–Trinajstić information content (AvgIpc) is 2.58. The molecule has 0 amide bonds. The number of rotatable bonds is 14. The van der Waals surface area contributed by atoms with Gasteiger partial charge in [-0.05, 0) is 52.9 Å². The van der Waals surface area contributed by atoms with Crippen molar-refractivity contribution >= 4 is 17.9 Å². The second-order valence-corrected chi connectivity index (χ2v) is 6.82. The second kappa shape index (κ2) is 11.7. The molecule has 0 saturated heterocycles. The van der Waals surface area contributed by atoms with Crippen molar-refractivity contribution in [1.29, 1.82) is 0 Å². The molecule has 7 heteroatoms. The SMILES string of the molecule is CC/C=C/CCCCCC[N+](C(C)C(=O)[O-])(C(C)C(=O)O)C(C)C(=O)O. The summed E-state index contributed by atoms with van der Waals surface area (Å²) in [6.07, 6.45) is 9.47. The lowest BCUT2D eigenvalue weighted by Crippen LogP contribution is -2.72. The third-order valence-electron chi connectivity index (χ3n) is 5.29. The van der Waals surface area contributed by atoms with Gasteiger partial charge in [0.2, 0.25) is 0 Å². The Morgan fingerprint density at radius 3 is 1.81 bits per heavy atom. The van der Waals surface area contributed by atoms with E-state index in [0.29, 0.717) is 6.42 Å². The van der Waals surface area contributed by atoms with E-state index in [-0.39, 0.29) is 6.54 Å². The highest BCUT2D eigenvalue weighted by atomic mass is 16.4. The normalized spacial score (nSPS) is 17.4. The molecule has 0 radical (unpaired) electrons. The number of carboxylic acid groups (broad SMARTS) is 3. The number of unbranched alkanes of at least 4 members (excludes halogenated alkanes) is 4. The predicted molar refractivity (Wildman–Crippen MR) is 96.3 cm³/mol. The highest BCUT2D eigenvalue weighted by Crippen LogP contribution is 2.27. The molecular formula is C19H33NO6. The smallest absolute Gasteiger partial charge is 0.362 e. The Hall–Kier alpha value is -1.89. The Labute approximate surface area is 155 Å². The van der Waals surface area contributed by atoms with E-state index in [2.05, 4.69) is 19.1 Å². The maximum Gasteiger partial charge on any atom is 0.362 e. The van der Waals surface area contributed by atoms with Gasteiger partial charge in [-0.15, -0.1) is 0 Å². The van der Waals surface area contributed by atoms with Crippen LogP contribution in [0.4, 0.5) is 0 Å². The zero-order chi connectivity index (χ0) is 20.3. The van der Waals surface area contributed by atoms with Crippen LogP contribution >= 0.6 is 0 Å². The van der Waals surface area contributed by atoms with Crippen LogP contribution in [-0.4, -0.2) is 57.3 Å². The molecule has 3 atom stereocenters. The molecule has 0 fully saturated rings. The van der Waals surface area contributed by atoms with Crippen LogP contribution in [0.3, 0.4) is 0 Å². The quantitative estimate of drug-likeness (QED) is 0.273. The Bertz CT molecular complexity index is 452. The number of aliphatic carboxylic acids is 3. The molecule has 26 heavy (non-hydrogen) atoms. The van der Waals surface area contributed by atoms with E-state index in [9.17, 15) is 29.7 Å². The van der Waals surface area contributed by atoms with Crippen molar-refractivity contribution in [1.82, 2.24) is 0 Å². The van der Waals surface area contributed by atoms with E-state index in [1.165, 1.54) is 20.8 Å². The first-order valence-electron chi connectivity index (χ1n) is 9.31. The molecule has 3 unspecified atom stereocenters. The van der Waals surface area contributed by atoms with Gasteiger partial charge in [-0.25, -0.2) is 9.59 Å². The molecule has 0 aliphatic rings. The van der Waals surface area contributed by atoms with Crippen LogP contribution in [0.25, 0.3) is 0 Å². The van der Waals surface area contributed by atoms with Crippen molar-refractivity contribution in [2.75, 3.05) is 6.54 Å². The van der Waals surface area contributed by atoms with Crippen LogP contribution in [0.2, 0.25) is 0 Å². The van der Waals surface area contributed by atoms with E-state index in [1.807, 2.05) is 0 Å². The van der Waals surface area contributed by atoms with Crippen LogP contribution in [0, 0.1) is 0 Å².